The molecule has 2 amide bonds. The Kier molecular flexibility index (Phi) is 8.84. The molecular weight excluding hydrogens is 372 g/mol. The number of amides is 2. The van der Waals surface area contributed by atoms with Gasteiger partial charge < -0.3 is 20.4 Å². The molecule has 26 heavy (non-hydrogen) atoms. The molecule has 6 nitrogen and oxygen atoms in total. The van der Waals surface area contributed by atoms with Crippen LogP contribution >= 0.6 is 23.7 Å². The average Bonchev–Trinajstić information content (AvgIpc) is 3.20. The van der Waals surface area contributed by atoms with Gasteiger partial charge in [0.05, 0.1) is 4.88 Å². The van der Waals surface area contributed by atoms with Gasteiger partial charge in [-0.15, -0.1) is 23.7 Å². The molecule has 0 bridgehead atoms. The molecule has 2 saturated heterocycles. The summed E-state index contributed by atoms with van der Waals surface area (Å²) in [6.45, 7) is 6.64. The van der Waals surface area contributed by atoms with Crippen molar-refractivity contribution in [2.45, 2.75) is 31.7 Å². The van der Waals surface area contributed by atoms with Crippen LogP contribution in [-0.4, -0.2) is 73.5 Å². The van der Waals surface area contributed by atoms with E-state index in [0.29, 0.717) is 13.1 Å². The molecule has 3 rings (SSSR count). The number of likely N-dealkylation sites (tertiary alicyclic amines) is 1. The lowest BCUT2D eigenvalue weighted by molar-refractivity contribution is -0.126. The minimum Gasteiger partial charge on any atom is -0.354 e. The Bertz CT molecular complexity index is 564. The summed E-state index contributed by atoms with van der Waals surface area (Å²) in [5.41, 5.74) is 0. The van der Waals surface area contributed by atoms with Crippen LogP contribution in [0.3, 0.4) is 0 Å². The van der Waals surface area contributed by atoms with Crippen molar-refractivity contribution in [3.8, 4) is 0 Å². The molecule has 0 aliphatic carbocycles. The van der Waals surface area contributed by atoms with Gasteiger partial charge in [-0.1, -0.05) is 6.07 Å². The van der Waals surface area contributed by atoms with Crippen LogP contribution < -0.4 is 10.6 Å². The van der Waals surface area contributed by atoms with Crippen molar-refractivity contribution in [2.24, 2.45) is 0 Å². The number of carbonyl (C=O) groups excluding carboxylic acids is 2. The predicted molar refractivity (Wildman–Crippen MR) is 107 cm³/mol. The topological polar surface area (TPSA) is 64.7 Å². The zero-order valence-electron chi connectivity index (χ0n) is 15.1. The molecule has 0 spiro atoms. The number of nitrogens with zero attached hydrogens (tertiary/aromatic N) is 2. The fourth-order valence-corrected chi connectivity index (χ4v) is 4.23. The number of nitrogens with one attached hydrogen (secondary N) is 2. The molecule has 146 valence electrons. The van der Waals surface area contributed by atoms with Gasteiger partial charge in [-0.2, -0.15) is 0 Å². The van der Waals surface area contributed by atoms with Gasteiger partial charge in [0.25, 0.3) is 5.91 Å². The van der Waals surface area contributed by atoms with Crippen LogP contribution in [0.4, 0.5) is 0 Å². The summed E-state index contributed by atoms with van der Waals surface area (Å²) in [5, 5.41) is 8.30. The Morgan fingerprint density at radius 2 is 2.04 bits per heavy atom. The second-order valence-electron chi connectivity index (χ2n) is 6.72. The second kappa shape index (κ2) is 10.9. The quantitative estimate of drug-likeness (QED) is 0.711. The highest BCUT2D eigenvalue weighted by Crippen LogP contribution is 2.21. The third-order valence-corrected chi connectivity index (χ3v) is 5.82. The summed E-state index contributed by atoms with van der Waals surface area (Å²) < 4.78 is 0. The van der Waals surface area contributed by atoms with Crippen molar-refractivity contribution in [3.63, 3.8) is 0 Å². The van der Waals surface area contributed by atoms with Crippen LogP contribution in [0, 0.1) is 0 Å². The van der Waals surface area contributed by atoms with E-state index >= 15 is 0 Å². The molecule has 1 unspecified atom stereocenters. The first-order valence-electron chi connectivity index (χ1n) is 9.31. The Labute approximate surface area is 165 Å². The summed E-state index contributed by atoms with van der Waals surface area (Å²) in [5.74, 6) is 0.000540. The number of carbonyl (C=O) groups is 2. The lowest BCUT2D eigenvalue weighted by atomic mass is 10.0. The number of halogens is 1. The van der Waals surface area contributed by atoms with Crippen LogP contribution in [0.2, 0.25) is 0 Å². The van der Waals surface area contributed by atoms with Crippen molar-refractivity contribution in [1.82, 2.24) is 20.4 Å². The zero-order chi connectivity index (χ0) is 17.5. The highest BCUT2D eigenvalue weighted by molar-refractivity contribution is 7.12. The maximum atomic E-state index is 12.7. The maximum Gasteiger partial charge on any atom is 0.264 e. The second-order valence-corrected chi connectivity index (χ2v) is 7.67. The summed E-state index contributed by atoms with van der Waals surface area (Å²) >= 11 is 1.44. The van der Waals surface area contributed by atoms with E-state index in [0.717, 1.165) is 63.3 Å². The van der Waals surface area contributed by atoms with Crippen molar-refractivity contribution < 1.29 is 9.59 Å². The average molecular weight is 401 g/mol. The molecule has 1 aromatic heterocycles. The highest BCUT2D eigenvalue weighted by atomic mass is 35.5. The summed E-state index contributed by atoms with van der Waals surface area (Å²) in [4.78, 5) is 30.2. The van der Waals surface area contributed by atoms with Crippen molar-refractivity contribution in [1.29, 1.82) is 0 Å². The number of thiophene rings is 1. The monoisotopic (exact) mass is 400 g/mol. The molecule has 0 radical (unpaired) electrons. The molecule has 8 heteroatoms. The lowest BCUT2D eigenvalue weighted by Gasteiger charge is -2.34. The van der Waals surface area contributed by atoms with Crippen LogP contribution in [0.15, 0.2) is 17.5 Å². The van der Waals surface area contributed by atoms with Gasteiger partial charge in [0.2, 0.25) is 5.91 Å². The molecular formula is C18H29ClN4O2S. The number of hydrogen-bond donors (Lipinski definition) is 2. The first kappa shape index (κ1) is 21.2. The normalized spacial score (nSPS) is 21.1. The molecule has 2 aliphatic heterocycles. The number of piperidine rings is 1. The van der Waals surface area contributed by atoms with E-state index in [-0.39, 0.29) is 30.3 Å². The fourth-order valence-electron chi connectivity index (χ4n) is 3.56. The molecule has 2 aliphatic rings. The van der Waals surface area contributed by atoms with Gasteiger partial charge in [-0.05, 0) is 43.7 Å². The van der Waals surface area contributed by atoms with E-state index in [1.54, 1.807) is 4.90 Å². The van der Waals surface area contributed by atoms with Crippen molar-refractivity contribution in [2.75, 3.05) is 45.8 Å². The summed E-state index contributed by atoms with van der Waals surface area (Å²) in [7, 11) is 0. The first-order valence-corrected chi connectivity index (χ1v) is 10.2. The SMILES string of the molecule is Cl.O=C(NCCCN1CCNCC1)C1CCCCN1C(=O)c1cccs1. The van der Waals surface area contributed by atoms with Gasteiger partial charge in [0.1, 0.15) is 6.04 Å². The Hall–Kier alpha value is -1.15. The lowest BCUT2D eigenvalue weighted by Crippen LogP contribution is -2.52. The number of hydrogen-bond acceptors (Lipinski definition) is 5. The van der Waals surface area contributed by atoms with Crippen LogP contribution in [0.1, 0.15) is 35.4 Å². The fraction of sp³-hybridized carbons (Fsp3) is 0.667. The van der Waals surface area contributed by atoms with E-state index in [4.69, 9.17) is 0 Å². The largest absolute Gasteiger partial charge is 0.354 e. The van der Waals surface area contributed by atoms with E-state index in [2.05, 4.69) is 15.5 Å². The smallest absolute Gasteiger partial charge is 0.264 e. The van der Waals surface area contributed by atoms with E-state index in [1.807, 2.05) is 17.5 Å². The van der Waals surface area contributed by atoms with Gasteiger partial charge in [-0.25, -0.2) is 0 Å². The van der Waals surface area contributed by atoms with Crippen molar-refractivity contribution >= 4 is 35.6 Å². The van der Waals surface area contributed by atoms with Gasteiger partial charge in [0, 0.05) is 39.3 Å². The third-order valence-electron chi connectivity index (χ3n) is 4.96. The zero-order valence-corrected chi connectivity index (χ0v) is 16.7. The molecule has 3 heterocycles. The molecule has 2 N–H and O–H groups in total. The molecule has 2 fully saturated rings. The first-order chi connectivity index (χ1) is 12.3. The van der Waals surface area contributed by atoms with E-state index in [9.17, 15) is 9.59 Å². The summed E-state index contributed by atoms with van der Waals surface area (Å²) in [6, 6.07) is 3.40. The highest BCUT2D eigenvalue weighted by Gasteiger charge is 2.32. The minimum absolute atomic E-state index is 0. The number of rotatable bonds is 6. The van der Waals surface area contributed by atoms with E-state index in [1.165, 1.54) is 11.3 Å². The Balaban J connectivity index is 0.00000243. The Morgan fingerprint density at radius 1 is 1.23 bits per heavy atom. The van der Waals surface area contributed by atoms with Gasteiger partial charge in [-0.3, -0.25) is 9.59 Å². The third kappa shape index (κ3) is 5.67. The van der Waals surface area contributed by atoms with Crippen molar-refractivity contribution in [3.05, 3.63) is 22.4 Å². The Morgan fingerprint density at radius 3 is 2.77 bits per heavy atom. The molecule has 0 saturated carbocycles. The van der Waals surface area contributed by atoms with Gasteiger partial charge in [0.15, 0.2) is 0 Å². The maximum absolute atomic E-state index is 12.7. The van der Waals surface area contributed by atoms with E-state index < -0.39 is 0 Å². The summed E-state index contributed by atoms with van der Waals surface area (Å²) in [6.07, 6.45) is 3.70. The van der Waals surface area contributed by atoms with Crippen LogP contribution in [0.25, 0.3) is 0 Å². The molecule has 0 aromatic carbocycles. The number of piperazine rings is 1. The molecule has 1 atom stereocenters. The van der Waals surface area contributed by atoms with Crippen LogP contribution in [-0.2, 0) is 4.79 Å². The standard InChI is InChI=1S/C18H28N4O2S.ClH/c23-17(20-7-4-10-21-12-8-19-9-13-21)15-5-1-2-11-22(15)18(24)16-6-3-14-25-16;/h3,6,14-15,19H,1-2,4-5,7-13H2,(H,20,23);1H. The molecule has 1 aromatic rings. The van der Waals surface area contributed by atoms with Gasteiger partial charge >= 0.3 is 0 Å². The van der Waals surface area contributed by atoms with Crippen LogP contribution in [0.5, 0.6) is 0 Å². The predicted octanol–water partition coefficient (Wildman–Crippen LogP) is 1.58. The minimum atomic E-state index is -0.317.